The van der Waals surface area contributed by atoms with E-state index in [4.69, 9.17) is 4.18 Å². The first-order valence-electron chi connectivity index (χ1n) is 7.27. The Morgan fingerprint density at radius 1 is 1.11 bits per heavy atom. The molecule has 0 amide bonds. The lowest BCUT2D eigenvalue weighted by molar-refractivity contribution is 0.0887. The van der Waals surface area contributed by atoms with Crippen molar-refractivity contribution in [3.63, 3.8) is 0 Å². The van der Waals surface area contributed by atoms with Crippen LogP contribution in [0.25, 0.3) is 0 Å². The summed E-state index contributed by atoms with van der Waals surface area (Å²) in [7, 11) is -4.06. The molecule has 2 aliphatic rings. The molecule has 0 aromatic rings. The van der Waals surface area contributed by atoms with E-state index in [9.17, 15) is 8.42 Å². The van der Waals surface area contributed by atoms with Crippen LogP contribution in [-0.2, 0) is 14.2 Å². The Balaban J connectivity index is 1.90. The second kappa shape index (κ2) is 5.20. The molecule has 0 aromatic heterocycles. The molecule has 1 heterocycles. The van der Waals surface area contributed by atoms with Crippen molar-refractivity contribution in [1.82, 2.24) is 4.31 Å². The normalized spacial score (nSPS) is 25.1. The lowest BCUT2D eigenvalue weighted by atomic mass is 10.2. The molecule has 0 aromatic carbocycles. The minimum absolute atomic E-state index is 0.118. The summed E-state index contributed by atoms with van der Waals surface area (Å²) in [5, 5.41) is 0. The summed E-state index contributed by atoms with van der Waals surface area (Å²) in [6.45, 7) is 9.53. The molecule has 0 N–H and O–H groups in total. The third kappa shape index (κ3) is 2.69. The largest absolute Gasteiger partial charge is 0.331 e. The molecule has 1 aliphatic carbocycles. The number of hydrogen-bond acceptors (Lipinski definition) is 3. The highest BCUT2D eigenvalue weighted by atomic mass is 32.3. The van der Waals surface area contributed by atoms with Crippen molar-refractivity contribution in [3.05, 3.63) is 0 Å². The maximum absolute atomic E-state index is 12.3. The van der Waals surface area contributed by atoms with Crippen molar-refractivity contribution in [2.75, 3.05) is 30.3 Å². The smallest absolute Gasteiger partial charge is 0.219 e. The van der Waals surface area contributed by atoms with Crippen LogP contribution in [0.2, 0.25) is 0 Å². The molecule has 1 aliphatic heterocycles. The topological polar surface area (TPSA) is 46.6 Å². The first-order chi connectivity index (χ1) is 8.82. The van der Waals surface area contributed by atoms with Gasteiger partial charge in [0.05, 0.1) is 10.9 Å². The van der Waals surface area contributed by atoms with Crippen LogP contribution in [0, 0.1) is 0 Å². The monoisotopic (exact) mass is 309 g/mol. The predicted molar refractivity (Wildman–Crippen MR) is 82.2 cm³/mol. The Bertz CT molecular complexity index is 413. The Hall–Kier alpha value is 0.220. The van der Waals surface area contributed by atoms with Gasteiger partial charge in [-0.1, -0.05) is 20.8 Å². The highest BCUT2D eigenvalue weighted by molar-refractivity contribution is 8.29. The Labute approximate surface area is 119 Å². The molecule has 0 bridgehead atoms. The van der Waals surface area contributed by atoms with Gasteiger partial charge in [-0.25, -0.2) is 8.42 Å². The fourth-order valence-electron chi connectivity index (χ4n) is 2.51. The van der Waals surface area contributed by atoms with Gasteiger partial charge in [0, 0.05) is 13.1 Å². The van der Waals surface area contributed by atoms with Crippen LogP contribution in [0.5, 0.6) is 0 Å². The van der Waals surface area contributed by atoms with E-state index in [1.54, 1.807) is 4.31 Å². The third-order valence-electron chi connectivity index (χ3n) is 4.65. The maximum atomic E-state index is 12.3. The summed E-state index contributed by atoms with van der Waals surface area (Å²) in [6.07, 6.45) is 1.74. The first-order valence-corrected chi connectivity index (χ1v) is 10.8. The summed E-state index contributed by atoms with van der Waals surface area (Å²) in [6, 6.07) is 0. The van der Waals surface area contributed by atoms with Crippen LogP contribution in [0.15, 0.2) is 0 Å². The van der Waals surface area contributed by atoms with Crippen LogP contribution in [-0.4, -0.2) is 53.9 Å². The van der Waals surface area contributed by atoms with E-state index in [2.05, 4.69) is 20.8 Å². The van der Waals surface area contributed by atoms with E-state index in [0.717, 1.165) is 30.1 Å². The second-order valence-corrected chi connectivity index (χ2v) is 12.1. The standard InChI is InChI=1S/C13H27NO3S2/c1-5-18(6-2,7-3)17-12-10-14(11-12)19(15,16)13(4)8-9-13/h12H,5-11H2,1-4H3. The minimum atomic E-state index is -3.07. The van der Waals surface area contributed by atoms with E-state index in [-0.39, 0.29) is 6.10 Å². The molecular formula is C13H27NO3S2. The summed E-state index contributed by atoms with van der Waals surface area (Å²) in [5.41, 5.74) is 0. The van der Waals surface area contributed by atoms with Crippen LogP contribution in [0.1, 0.15) is 40.5 Å². The molecule has 19 heavy (non-hydrogen) atoms. The zero-order valence-electron chi connectivity index (χ0n) is 12.5. The molecule has 0 unspecified atom stereocenters. The quantitative estimate of drug-likeness (QED) is 0.725. The van der Waals surface area contributed by atoms with E-state index in [1.165, 1.54) is 0 Å². The highest BCUT2D eigenvalue weighted by Gasteiger charge is 2.55. The summed E-state index contributed by atoms with van der Waals surface area (Å²) >= 11 is 0. The zero-order chi connectivity index (χ0) is 14.3. The number of hydrogen-bond donors (Lipinski definition) is 0. The van der Waals surface area contributed by atoms with Crippen LogP contribution in [0.3, 0.4) is 0 Å². The molecule has 0 spiro atoms. The fraction of sp³-hybridized carbons (Fsp3) is 1.00. The first kappa shape index (κ1) is 15.6. The fourth-order valence-corrected chi connectivity index (χ4v) is 6.81. The van der Waals surface area contributed by atoms with Crippen molar-refractivity contribution < 1.29 is 12.6 Å². The van der Waals surface area contributed by atoms with Gasteiger partial charge < -0.3 is 4.18 Å². The van der Waals surface area contributed by atoms with E-state index in [1.807, 2.05) is 6.92 Å². The average Bonchev–Trinajstić information content (AvgIpc) is 3.09. The number of rotatable bonds is 7. The molecule has 0 atom stereocenters. The van der Waals surface area contributed by atoms with Crippen molar-refractivity contribution in [3.8, 4) is 0 Å². The van der Waals surface area contributed by atoms with Gasteiger partial charge in [-0.15, -0.1) is 10.3 Å². The SMILES string of the molecule is CCS(CC)(CC)OC1CN(S(=O)(=O)C2(C)CC2)C1. The number of sulfonamides is 1. The second-order valence-electron chi connectivity index (χ2n) is 5.82. The lowest BCUT2D eigenvalue weighted by Crippen LogP contribution is -2.57. The van der Waals surface area contributed by atoms with E-state index in [0.29, 0.717) is 13.1 Å². The Kier molecular flexibility index (Phi) is 4.27. The molecule has 6 heteroatoms. The van der Waals surface area contributed by atoms with Gasteiger partial charge in [0.2, 0.25) is 10.0 Å². The van der Waals surface area contributed by atoms with Crippen molar-refractivity contribution in [2.45, 2.75) is 51.4 Å². The summed E-state index contributed by atoms with van der Waals surface area (Å²) in [5.74, 6) is 3.21. The van der Waals surface area contributed by atoms with Gasteiger partial charge in [-0.2, -0.15) is 4.31 Å². The highest BCUT2D eigenvalue weighted by Crippen LogP contribution is 2.51. The van der Waals surface area contributed by atoms with Gasteiger partial charge >= 0.3 is 0 Å². The van der Waals surface area contributed by atoms with E-state index < -0.39 is 25.1 Å². The van der Waals surface area contributed by atoms with Crippen LogP contribution < -0.4 is 0 Å². The third-order valence-corrected chi connectivity index (χ3v) is 11.1. The van der Waals surface area contributed by atoms with Crippen LogP contribution >= 0.6 is 10.3 Å². The molecule has 1 saturated heterocycles. The lowest BCUT2D eigenvalue weighted by Gasteiger charge is -2.47. The Morgan fingerprint density at radius 3 is 1.95 bits per heavy atom. The van der Waals surface area contributed by atoms with Gasteiger partial charge in [0.15, 0.2) is 0 Å². The minimum Gasteiger partial charge on any atom is -0.331 e. The molecule has 1 saturated carbocycles. The summed E-state index contributed by atoms with van der Waals surface area (Å²) in [4.78, 5) is 0. The van der Waals surface area contributed by atoms with E-state index >= 15 is 0 Å². The van der Waals surface area contributed by atoms with Crippen molar-refractivity contribution >= 4 is 20.3 Å². The molecule has 4 nitrogen and oxygen atoms in total. The molecule has 114 valence electrons. The maximum Gasteiger partial charge on any atom is 0.219 e. The number of nitrogens with zero attached hydrogens (tertiary/aromatic N) is 1. The molecule has 2 fully saturated rings. The van der Waals surface area contributed by atoms with Crippen molar-refractivity contribution in [1.29, 1.82) is 0 Å². The predicted octanol–water partition coefficient (Wildman–Crippen LogP) is 2.35. The van der Waals surface area contributed by atoms with Crippen molar-refractivity contribution in [2.24, 2.45) is 0 Å². The van der Waals surface area contributed by atoms with Gasteiger partial charge in [-0.3, -0.25) is 0 Å². The Morgan fingerprint density at radius 2 is 1.58 bits per heavy atom. The van der Waals surface area contributed by atoms with Gasteiger partial charge in [0.25, 0.3) is 0 Å². The van der Waals surface area contributed by atoms with Crippen LogP contribution in [0.4, 0.5) is 0 Å². The molecule has 0 radical (unpaired) electrons. The molecule has 2 rings (SSSR count). The average molecular weight is 309 g/mol. The van der Waals surface area contributed by atoms with Gasteiger partial charge in [0.1, 0.15) is 0 Å². The van der Waals surface area contributed by atoms with Gasteiger partial charge in [-0.05, 0) is 37.0 Å². The summed E-state index contributed by atoms with van der Waals surface area (Å²) < 4.78 is 32.0. The molecular weight excluding hydrogens is 282 g/mol. The zero-order valence-corrected chi connectivity index (χ0v) is 14.1.